The maximum Gasteiger partial charge on any atom is 0.408 e. The summed E-state index contributed by atoms with van der Waals surface area (Å²) in [4.78, 5) is 13.7. The second-order valence-electron chi connectivity index (χ2n) is 10.5. The van der Waals surface area contributed by atoms with Crippen molar-refractivity contribution >= 4 is 22.0 Å². The van der Waals surface area contributed by atoms with Crippen LogP contribution in [0.15, 0.2) is 59.1 Å². The molecule has 0 heterocycles. The van der Waals surface area contributed by atoms with Crippen molar-refractivity contribution in [1.29, 1.82) is 0 Å². The molecule has 5 nitrogen and oxygen atoms in total. The van der Waals surface area contributed by atoms with Crippen LogP contribution in [-0.2, 0) is 12.0 Å². The number of carboxylic acid groups (broad SMARTS) is 1. The highest BCUT2D eigenvalue weighted by Crippen LogP contribution is 2.46. The lowest BCUT2D eigenvalue weighted by molar-refractivity contribution is -0.00260. The molecule has 180 valence electrons. The molecule has 0 spiro atoms. The van der Waals surface area contributed by atoms with E-state index < -0.39 is 23.8 Å². The van der Waals surface area contributed by atoms with E-state index in [0.29, 0.717) is 13.0 Å². The molecule has 33 heavy (non-hydrogen) atoms. The standard InChI is InChI=1S/C27H37BrN2O3/c1-19(15-20-9-6-5-7-10-20)16-23(30(25(32)33)26(2,3)4)24(31)18-29-27(13-14-27)21-11-8-12-22(28)17-21/h5-12,17,19,23-24,29,31H,13-16,18H2,1-4H3,(H,32,33)/t19?,23-,24+/m0/s1. The summed E-state index contributed by atoms with van der Waals surface area (Å²) in [6.07, 6.45) is 1.64. The van der Waals surface area contributed by atoms with Crippen molar-refractivity contribution in [3.05, 3.63) is 70.2 Å². The van der Waals surface area contributed by atoms with E-state index in [9.17, 15) is 15.0 Å². The summed E-state index contributed by atoms with van der Waals surface area (Å²) in [7, 11) is 0. The van der Waals surface area contributed by atoms with Crippen molar-refractivity contribution in [2.24, 2.45) is 5.92 Å². The van der Waals surface area contributed by atoms with Crippen LogP contribution in [0.4, 0.5) is 4.79 Å². The molecule has 1 aliphatic rings. The quantitative estimate of drug-likeness (QED) is 0.372. The topological polar surface area (TPSA) is 72.8 Å². The van der Waals surface area contributed by atoms with E-state index in [2.05, 4.69) is 52.4 Å². The Bertz CT molecular complexity index is 924. The summed E-state index contributed by atoms with van der Waals surface area (Å²) in [5, 5.41) is 25.0. The zero-order valence-corrected chi connectivity index (χ0v) is 21.7. The van der Waals surface area contributed by atoms with Gasteiger partial charge in [0, 0.05) is 22.1 Å². The summed E-state index contributed by atoms with van der Waals surface area (Å²) < 4.78 is 1.03. The van der Waals surface area contributed by atoms with Gasteiger partial charge in [-0.2, -0.15) is 0 Å². The van der Waals surface area contributed by atoms with Crippen LogP contribution in [0, 0.1) is 5.92 Å². The van der Waals surface area contributed by atoms with Gasteiger partial charge in [-0.15, -0.1) is 0 Å². The Labute approximate surface area is 206 Å². The van der Waals surface area contributed by atoms with Gasteiger partial charge in [0.1, 0.15) is 0 Å². The molecule has 2 aromatic rings. The zero-order valence-electron chi connectivity index (χ0n) is 20.1. The van der Waals surface area contributed by atoms with Crippen LogP contribution in [0.1, 0.15) is 58.1 Å². The number of aliphatic hydroxyl groups excluding tert-OH is 1. The molecule has 1 fully saturated rings. The van der Waals surface area contributed by atoms with Crippen LogP contribution in [0.25, 0.3) is 0 Å². The SMILES string of the molecule is CC(Cc1ccccc1)C[C@@H]([C@H](O)CNC1(c2cccc(Br)c2)CC1)N(C(=O)O)C(C)(C)C. The third kappa shape index (κ3) is 6.81. The number of hydrogen-bond acceptors (Lipinski definition) is 3. The largest absolute Gasteiger partial charge is 0.465 e. The van der Waals surface area contributed by atoms with E-state index >= 15 is 0 Å². The van der Waals surface area contributed by atoms with Gasteiger partial charge in [-0.05, 0) is 75.6 Å². The fourth-order valence-electron chi connectivity index (χ4n) is 4.79. The summed E-state index contributed by atoms with van der Waals surface area (Å²) >= 11 is 3.55. The van der Waals surface area contributed by atoms with E-state index in [4.69, 9.17) is 0 Å². The van der Waals surface area contributed by atoms with Gasteiger partial charge in [-0.3, -0.25) is 4.90 Å². The van der Waals surface area contributed by atoms with Crippen LogP contribution in [0.2, 0.25) is 0 Å². The van der Waals surface area contributed by atoms with E-state index in [0.717, 1.165) is 23.7 Å². The molecule has 1 unspecified atom stereocenters. The first-order valence-corrected chi connectivity index (χ1v) is 12.6. The maximum atomic E-state index is 12.3. The Morgan fingerprint density at radius 2 is 1.82 bits per heavy atom. The van der Waals surface area contributed by atoms with Crippen LogP contribution in [-0.4, -0.2) is 45.4 Å². The predicted molar refractivity (Wildman–Crippen MR) is 136 cm³/mol. The molecule has 1 saturated carbocycles. The number of carbonyl (C=O) groups is 1. The van der Waals surface area contributed by atoms with Crippen LogP contribution in [0.3, 0.4) is 0 Å². The monoisotopic (exact) mass is 516 g/mol. The summed E-state index contributed by atoms with van der Waals surface area (Å²) in [5.41, 5.74) is 1.66. The minimum atomic E-state index is -0.994. The third-order valence-electron chi connectivity index (χ3n) is 6.55. The smallest absolute Gasteiger partial charge is 0.408 e. The molecule has 1 aliphatic carbocycles. The molecule has 0 saturated heterocycles. The van der Waals surface area contributed by atoms with Gasteiger partial charge in [0.2, 0.25) is 0 Å². The Balaban J connectivity index is 1.75. The van der Waals surface area contributed by atoms with Crippen LogP contribution < -0.4 is 5.32 Å². The number of halogens is 1. The Morgan fingerprint density at radius 3 is 2.36 bits per heavy atom. The zero-order chi connectivity index (χ0) is 24.2. The van der Waals surface area contributed by atoms with E-state index in [-0.39, 0.29) is 11.5 Å². The van der Waals surface area contributed by atoms with Gasteiger partial charge >= 0.3 is 6.09 Å². The van der Waals surface area contributed by atoms with Crippen molar-refractivity contribution in [1.82, 2.24) is 10.2 Å². The Kier molecular flexibility index (Phi) is 8.25. The average molecular weight is 518 g/mol. The van der Waals surface area contributed by atoms with E-state index in [1.807, 2.05) is 51.1 Å². The van der Waals surface area contributed by atoms with Crippen molar-refractivity contribution in [3.63, 3.8) is 0 Å². The number of benzene rings is 2. The van der Waals surface area contributed by atoms with Gasteiger partial charge in [0.05, 0.1) is 12.1 Å². The van der Waals surface area contributed by atoms with Gasteiger partial charge in [-0.1, -0.05) is 65.3 Å². The molecule has 3 atom stereocenters. The van der Waals surface area contributed by atoms with Crippen LogP contribution in [0.5, 0.6) is 0 Å². The molecule has 3 rings (SSSR count). The van der Waals surface area contributed by atoms with Gasteiger partial charge in [0.15, 0.2) is 0 Å². The molecule has 2 aromatic carbocycles. The molecule has 3 N–H and O–H groups in total. The van der Waals surface area contributed by atoms with E-state index in [1.54, 1.807) is 0 Å². The average Bonchev–Trinajstić information content (AvgIpc) is 3.52. The van der Waals surface area contributed by atoms with Crippen molar-refractivity contribution in [2.45, 2.75) is 76.6 Å². The molecular formula is C27H37BrN2O3. The van der Waals surface area contributed by atoms with Gasteiger partial charge < -0.3 is 15.5 Å². The second-order valence-corrected chi connectivity index (χ2v) is 11.4. The number of rotatable bonds is 10. The fourth-order valence-corrected chi connectivity index (χ4v) is 5.19. The summed E-state index contributed by atoms with van der Waals surface area (Å²) in [5.74, 6) is 0.219. The highest BCUT2D eigenvalue weighted by atomic mass is 79.9. The molecule has 0 bridgehead atoms. The van der Waals surface area contributed by atoms with Crippen molar-refractivity contribution < 1.29 is 15.0 Å². The van der Waals surface area contributed by atoms with E-state index in [1.165, 1.54) is 16.0 Å². The lowest BCUT2D eigenvalue weighted by Crippen LogP contribution is -2.58. The highest BCUT2D eigenvalue weighted by molar-refractivity contribution is 9.10. The fraction of sp³-hybridized carbons (Fsp3) is 0.519. The lowest BCUT2D eigenvalue weighted by Gasteiger charge is -2.43. The molecule has 0 aliphatic heterocycles. The number of nitrogens with one attached hydrogen (secondary N) is 1. The van der Waals surface area contributed by atoms with Gasteiger partial charge in [-0.25, -0.2) is 4.79 Å². The number of hydrogen-bond donors (Lipinski definition) is 3. The normalized spacial score (nSPS) is 17.8. The predicted octanol–water partition coefficient (Wildman–Crippen LogP) is 5.80. The first-order chi connectivity index (χ1) is 15.5. The Hall–Kier alpha value is -1.89. The number of amides is 1. The highest BCUT2D eigenvalue weighted by Gasteiger charge is 2.45. The summed E-state index contributed by atoms with van der Waals surface area (Å²) in [6, 6.07) is 18.0. The summed E-state index contributed by atoms with van der Waals surface area (Å²) in [6.45, 7) is 8.14. The lowest BCUT2D eigenvalue weighted by atomic mass is 9.89. The molecular weight excluding hydrogens is 480 g/mol. The third-order valence-corrected chi connectivity index (χ3v) is 7.05. The van der Waals surface area contributed by atoms with Crippen LogP contribution >= 0.6 is 15.9 Å². The molecule has 1 amide bonds. The molecule has 6 heteroatoms. The molecule has 0 aromatic heterocycles. The Morgan fingerprint density at radius 1 is 1.15 bits per heavy atom. The number of aliphatic hydroxyl groups is 1. The number of nitrogens with zero attached hydrogens (tertiary/aromatic N) is 1. The first-order valence-electron chi connectivity index (χ1n) is 11.8. The first kappa shape index (κ1) is 25.7. The van der Waals surface area contributed by atoms with Gasteiger partial charge in [0.25, 0.3) is 0 Å². The maximum absolute atomic E-state index is 12.3. The van der Waals surface area contributed by atoms with Crippen molar-refractivity contribution in [3.8, 4) is 0 Å². The second kappa shape index (κ2) is 10.6. The molecule has 0 radical (unpaired) electrons. The van der Waals surface area contributed by atoms with Crippen molar-refractivity contribution in [2.75, 3.05) is 6.54 Å². The minimum absolute atomic E-state index is 0.138. The minimum Gasteiger partial charge on any atom is -0.465 e.